The van der Waals surface area contributed by atoms with Crippen LogP contribution in [0.15, 0.2) is 54.6 Å². The van der Waals surface area contributed by atoms with Crippen molar-refractivity contribution in [1.29, 1.82) is 0 Å². The van der Waals surface area contributed by atoms with Crippen LogP contribution < -0.4 is 10.6 Å². The van der Waals surface area contributed by atoms with Gasteiger partial charge in [-0.25, -0.2) is 0 Å². The first-order chi connectivity index (χ1) is 12.7. The molecule has 2 aromatic carbocycles. The molecule has 0 heterocycles. The lowest BCUT2D eigenvalue weighted by molar-refractivity contribution is -0.126. The fraction of sp³-hybridized carbons (Fsp3) is 0.286. The summed E-state index contributed by atoms with van der Waals surface area (Å²) in [7, 11) is 1.77. The second kappa shape index (κ2) is 8.77. The van der Waals surface area contributed by atoms with Gasteiger partial charge in [-0.1, -0.05) is 57.2 Å². The number of carbonyl (C=O) groups is 2. The molecule has 0 spiro atoms. The molecule has 5 nitrogen and oxygen atoms in total. The summed E-state index contributed by atoms with van der Waals surface area (Å²) in [5.74, 6) is -0.262. The fourth-order valence-corrected chi connectivity index (χ4v) is 2.54. The molecule has 2 amide bonds. The maximum atomic E-state index is 12.7. The molecule has 2 aromatic rings. The normalized spacial score (nSPS) is 10.8. The van der Waals surface area contributed by atoms with Crippen molar-refractivity contribution in [1.82, 2.24) is 10.2 Å². The number of benzene rings is 2. The average molecular weight is 384 g/mol. The Morgan fingerprint density at radius 2 is 1.70 bits per heavy atom. The first-order valence-electron chi connectivity index (χ1n) is 8.69. The molecule has 2 rings (SSSR count). The van der Waals surface area contributed by atoms with Gasteiger partial charge in [0.05, 0.1) is 0 Å². The first kappa shape index (κ1) is 20.6. The van der Waals surface area contributed by atoms with Gasteiger partial charge in [0.25, 0.3) is 5.91 Å². The third-order valence-corrected chi connectivity index (χ3v) is 4.09. The summed E-state index contributed by atoms with van der Waals surface area (Å²) < 4.78 is 0. The standard InChI is InChI=1S/C21H25N3O2S/c1-21(2,3)19(26)23-20(27)22-17-12-8-11-16(13-17)18(25)24(4)14-15-9-6-5-7-10-15/h5-13H,14H2,1-4H3,(H2,22,23,26,27). The predicted molar refractivity (Wildman–Crippen MR) is 112 cm³/mol. The van der Waals surface area contributed by atoms with E-state index in [0.717, 1.165) is 5.56 Å². The Morgan fingerprint density at radius 3 is 2.33 bits per heavy atom. The van der Waals surface area contributed by atoms with Gasteiger partial charge in [-0.2, -0.15) is 0 Å². The second-order valence-electron chi connectivity index (χ2n) is 7.39. The second-order valence-corrected chi connectivity index (χ2v) is 7.79. The summed E-state index contributed by atoms with van der Waals surface area (Å²) in [5.41, 5.74) is 1.72. The highest BCUT2D eigenvalue weighted by atomic mass is 32.1. The van der Waals surface area contributed by atoms with E-state index in [1.165, 1.54) is 0 Å². The van der Waals surface area contributed by atoms with Crippen LogP contribution in [0.3, 0.4) is 0 Å². The molecule has 2 N–H and O–H groups in total. The highest BCUT2D eigenvalue weighted by Crippen LogP contribution is 2.15. The number of carbonyl (C=O) groups excluding carboxylic acids is 2. The molecule has 27 heavy (non-hydrogen) atoms. The molecule has 0 aromatic heterocycles. The zero-order chi connectivity index (χ0) is 20.0. The van der Waals surface area contributed by atoms with Crippen LogP contribution in [0.2, 0.25) is 0 Å². The van der Waals surface area contributed by atoms with E-state index in [2.05, 4.69) is 10.6 Å². The number of amides is 2. The van der Waals surface area contributed by atoms with Gasteiger partial charge in [0.1, 0.15) is 0 Å². The molecule has 6 heteroatoms. The van der Waals surface area contributed by atoms with Crippen molar-refractivity contribution in [3.05, 3.63) is 65.7 Å². The van der Waals surface area contributed by atoms with Gasteiger partial charge < -0.3 is 15.5 Å². The van der Waals surface area contributed by atoms with Gasteiger partial charge in [-0.15, -0.1) is 0 Å². The lowest BCUT2D eigenvalue weighted by Gasteiger charge is -2.19. The predicted octanol–water partition coefficient (Wildman–Crippen LogP) is 3.82. The van der Waals surface area contributed by atoms with Crippen LogP contribution in [-0.4, -0.2) is 28.9 Å². The van der Waals surface area contributed by atoms with E-state index in [-0.39, 0.29) is 16.9 Å². The summed E-state index contributed by atoms with van der Waals surface area (Å²) in [6.07, 6.45) is 0. The molecule has 0 saturated heterocycles. The van der Waals surface area contributed by atoms with Crippen molar-refractivity contribution in [2.24, 2.45) is 5.41 Å². The van der Waals surface area contributed by atoms with Crippen molar-refractivity contribution < 1.29 is 9.59 Å². The molecule has 0 unspecified atom stereocenters. The quantitative estimate of drug-likeness (QED) is 0.788. The van der Waals surface area contributed by atoms with Gasteiger partial charge in [0.2, 0.25) is 5.91 Å². The molecule has 0 aliphatic carbocycles. The van der Waals surface area contributed by atoms with Gasteiger partial charge >= 0.3 is 0 Å². The van der Waals surface area contributed by atoms with Crippen molar-refractivity contribution in [2.45, 2.75) is 27.3 Å². The Morgan fingerprint density at radius 1 is 1.04 bits per heavy atom. The van der Waals surface area contributed by atoms with E-state index < -0.39 is 5.41 Å². The minimum Gasteiger partial charge on any atom is -0.337 e. The van der Waals surface area contributed by atoms with Gasteiger partial charge in [-0.3, -0.25) is 9.59 Å². The van der Waals surface area contributed by atoms with Crippen LogP contribution in [0.1, 0.15) is 36.7 Å². The van der Waals surface area contributed by atoms with Crippen LogP contribution in [0.5, 0.6) is 0 Å². The Hall–Kier alpha value is -2.73. The summed E-state index contributed by atoms with van der Waals surface area (Å²) in [4.78, 5) is 26.4. The summed E-state index contributed by atoms with van der Waals surface area (Å²) in [6, 6.07) is 16.9. The van der Waals surface area contributed by atoms with E-state index in [1.54, 1.807) is 36.2 Å². The first-order valence-corrected chi connectivity index (χ1v) is 9.09. The van der Waals surface area contributed by atoms with Crippen molar-refractivity contribution >= 4 is 34.8 Å². The lowest BCUT2D eigenvalue weighted by atomic mass is 9.96. The fourth-order valence-electron chi connectivity index (χ4n) is 2.33. The summed E-state index contributed by atoms with van der Waals surface area (Å²) in [6.45, 7) is 5.96. The molecule has 0 bridgehead atoms. The molecular formula is C21H25N3O2S. The Balaban J connectivity index is 2.02. The molecular weight excluding hydrogens is 358 g/mol. The van der Waals surface area contributed by atoms with E-state index in [9.17, 15) is 9.59 Å². The number of rotatable bonds is 4. The molecule has 0 fully saturated rings. The highest BCUT2D eigenvalue weighted by Gasteiger charge is 2.22. The lowest BCUT2D eigenvalue weighted by Crippen LogP contribution is -2.41. The maximum absolute atomic E-state index is 12.7. The minimum atomic E-state index is -0.538. The van der Waals surface area contributed by atoms with Crippen molar-refractivity contribution in [3.8, 4) is 0 Å². The van der Waals surface area contributed by atoms with Crippen LogP contribution in [-0.2, 0) is 11.3 Å². The van der Waals surface area contributed by atoms with E-state index >= 15 is 0 Å². The SMILES string of the molecule is CN(Cc1ccccc1)C(=O)c1cccc(NC(=S)NC(=O)C(C)(C)C)c1. The van der Waals surface area contributed by atoms with Crippen molar-refractivity contribution in [2.75, 3.05) is 12.4 Å². The van der Waals surface area contributed by atoms with Crippen LogP contribution >= 0.6 is 12.2 Å². The van der Waals surface area contributed by atoms with E-state index in [0.29, 0.717) is 17.8 Å². The number of hydrogen-bond acceptors (Lipinski definition) is 3. The van der Waals surface area contributed by atoms with Gasteiger partial charge in [0.15, 0.2) is 5.11 Å². The number of anilines is 1. The molecule has 0 saturated carbocycles. The Labute approximate surface area is 165 Å². The van der Waals surface area contributed by atoms with Crippen LogP contribution in [0, 0.1) is 5.41 Å². The number of nitrogens with zero attached hydrogens (tertiary/aromatic N) is 1. The summed E-state index contributed by atoms with van der Waals surface area (Å²) >= 11 is 5.19. The topological polar surface area (TPSA) is 61.4 Å². The Kier molecular flexibility index (Phi) is 6.69. The third-order valence-electron chi connectivity index (χ3n) is 3.88. The van der Waals surface area contributed by atoms with E-state index in [1.807, 2.05) is 51.1 Å². The maximum Gasteiger partial charge on any atom is 0.253 e. The number of thiocarbonyl (C=S) groups is 1. The largest absolute Gasteiger partial charge is 0.337 e. The zero-order valence-electron chi connectivity index (χ0n) is 16.1. The van der Waals surface area contributed by atoms with Gasteiger partial charge in [0, 0.05) is 30.3 Å². The number of nitrogens with one attached hydrogen (secondary N) is 2. The molecule has 0 radical (unpaired) electrons. The average Bonchev–Trinajstić information content (AvgIpc) is 2.61. The summed E-state index contributed by atoms with van der Waals surface area (Å²) in [5, 5.41) is 5.82. The van der Waals surface area contributed by atoms with E-state index in [4.69, 9.17) is 12.2 Å². The molecule has 0 aliphatic rings. The molecule has 0 atom stereocenters. The zero-order valence-corrected chi connectivity index (χ0v) is 16.9. The Bertz CT molecular complexity index is 829. The van der Waals surface area contributed by atoms with Crippen LogP contribution in [0.25, 0.3) is 0 Å². The molecule has 0 aliphatic heterocycles. The van der Waals surface area contributed by atoms with Crippen LogP contribution in [0.4, 0.5) is 5.69 Å². The smallest absolute Gasteiger partial charge is 0.253 e. The minimum absolute atomic E-state index is 0.0906. The van der Waals surface area contributed by atoms with Gasteiger partial charge in [-0.05, 0) is 36.0 Å². The number of hydrogen-bond donors (Lipinski definition) is 2. The third kappa shape index (κ3) is 6.18. The monoisotopic (exact) mass is 383 g/mol. The van der Waals surface area contributed by atoms with Crippen molar-refractivity contribution in [3.63, 3.8) is 0 Å². The highest BCUT2D eigenvalue weighted by molar-refractivity contribution is 7.80. The molecule has 142 valence electrons.